The number of aryl methyl sites for hydroxylation is 4. The van der Waals surface area contributed by atoms with Crippen LogP contribution in [0, 0.1) is 13.8 Å². The topological polar surface area (TPSA) is 66.5 Å². The van der Waals surface area contributed by atoms with Gasteiger partial charge < -0.3 is 9.47 Å². The number of nitrogens with zero attached hydrogens (tertiary/aromatic N) is 4. The Morgan fingerprint density at radius 3 is 2.00 bits per heavy atom. The molecular formula is C24H38IN4O3-. The molecule has 4 atom stereocenters. The number of alkyl halides is 2. The van der Waals surface area contributed by atoms with E-state index in [1.165, 1.54) is 16.7 Å². The number of hydrogen-bond acceptors (Lipinski definition) is 7. The standard InChI is InChI=1S/C24H38IN4O3/c1-17-22(5-3-8-28(12-19-11-25-19)13-20-15-31-20)26-18(2)23(27-17)6-4-9-29(14-21-16-32-21)24-7-10-30-24/h19-21,24H,3-16H2,1-2H3/q-1. The Kier molecular flexibility index (Phi) is 7.96. The van der Waals surface area contributed by atoms with Crippen molar-refractivity contribution in [2.75, 3.05) is 57.0 Å². The molecule has 8 heteroatoms. The van der Waals surface area contributed by atoms with Crippen molar-refractivity contribution in [1.29, 1.82) is 0 Å². The van der Waals surface area contributed by atoms with Crippen molar-refractivity contribution in [3.63, 3.8) is 0 Å². The van der Waals surface area contributed by atoms with Gasteiger partial charge in [0.25, 0.3) is 0 Å². The zero-order valence-corrected chi connectivity index (χ0v) is 21.8. The molecule has 5 heterocycles. The van der Waals surface area contributed by atoms with Crippen LogP contribution in [0.1, 0.15) is 42.0 Å². The van der Waals surface area contributed by atoms with Crippen molar-refractivity contribution >= 4 is 0 Å². The predicted octanol–water partition coefficient (Wildman–Crippen LogP) is -1.42. The van der Waals surface area contributed by atoms with Crippen LogP contribution in [0.5, 0.6) is 0 Å². The predicted molar refractivity (Wildman–Crippen MR) is 119 cm³/mol. The van der Waals surface area contributed by atoms with Crippen LogP contribution in [-0.4, -0.2) is 99.1 Å². The molecule has 4 aliphatic heterocycles. The van der Waals surface area contributed by atoms with E-state index >= 15 is 0 Å². The van der Waals surface area contributed by atoms with E-state index in [1.807, 2.05) is 0 Å². The molecule has 0 bridgehead atoms. The van der Waals surface area contributed by atoms with Crippen molar-refractivity contribution < 1.29 is 35.4 Å². The third-order valence-electron chi connectivity index (χ3n) is 6.80. The second-order valence-corrected chi connectivity index (χ2v) is 13.2. The molecule has 4 saturated heterocycles. The van der Waals surface area contributed by atoms with Crippen LogP contribution in [0.3, 0.4) is 0 Å². The van der Waals surface area contributed by atoms with Crippen LogP contribution in [0.4, 0.5) is 0 Å². The maximum absolute atomic E-state index is 5.72. The van der Waals surface area contributed by atoms with E-state index in [0.29, 0.717) is 39.6 Å². The zero-order valence-electron chi connectivity index (χ0n) is 19.6. The average Bonchev–Trinajstić information content (AvgIpc) is 3.56. The third-order valence-corrected chi connectivity index (χ3v) is 9.32. The van der Waals surface area contributed by atoms with Gasteiger partial charge in [-0.3, -0.25) is 4.90 Å². The van der Waals surface area contributed by atoms with Crippen LogP contribution < -0.4 is 21.2 Å². The molecule has 1 aromatic rings. The van der Waals surface area contributed by atoms with Crippen molar-refractivity contribution in [2.45, 2.75) is 68.3 Å². The van der Waals surface area contributed by atoms with Gasteiger partial charge in [-0.15, -0.1) is 0 Å². The number of halogens is 1. The van der Waals surface area contributed by atoms with Crippen LogP contribution in [-0.2, 0) is 27.1 Å². The molecule has 0 N–H and O–H groups in total. The summed E-state index contributed by atoms with van der Waals surface area (Å²) in [7, 11) is 0. The molecule has 7 nitrogen and oxygen atoms in total. The van der Waals surface area contributed by atoms with Crippen molar-refractivity contribution in [3.05, 3.63) is 22.8 Å². The normalized spacial score (nSPS) is 28.5. The second-order valence-electron chi connectivity index (χ2n) is 9.68. The number of ether oxygens (including phenoxy) is 3. The summed E-state index contributed by atoms with van der Waals surface area (Å²) in [5, 5.41) is 0. The number of rotatable bonds is 15. The first-order chi connectivity index (χ1) is 15.6. The Balaban J connectivity index is 1.08. The first-order valence-corrected chi connectivity index (χ1v) is 15.1. The quantitative estimate of drug-likeness (QED) is 0.149. The Bertz CT molecular complexity index is 752. The summed E-state index contributed by atoms with van der Waals surface area (Å²) in [5.41, 5.74) is 4.56. The molecule has 0 aliphatic carbocycles. The fraction of sp³-hybridized carbons (Fsp3) is 0.833. The van der Waals surface area contributed by atoms with E-state index in [0.717, 1.165) is 99.1 Å². The van der Waals surface area contributed by atoms with Gasteiger partial charge >= 0.3 is 144 Å². The number of hydrogen-bond donors (Lipinski definition) is 0. The Morgan fingerprint density at radius 2 is 1.47 bits per heavy atom. The van der Waals surface area contributed by atoms with Crippen LogP contribution in [0.15, 0.2) is 0 Å². The number of epoxide rings is 2. The van der Waals surface area contributed by atoms with Crippen molar-refractivity contribution in [3.8, 4) is 0 Å². The molecule has 0 saturated carbocycles. The summed E-state index contributed by atoms with van der Waals surface area (Å²) in [5.74, 6) is 0. The fourth-order valence-corrected chi connectivity index (χ4v) is 6.02. The molecule has 0 spiro atoms. The minimum absolute atomic E-state index is 0.295. The molecule has 0 aromatic carbocycles. The summed E-state index contributed by atoms with van der Waals surface area (Å²) in [6, 6.07) is 0. The van der Waals surface area contributed by atoms with E-state index in [-0.39, 0.29) is 0 Å². The van der Waals surface area contributed by atoms with Gasteiger partial charge in [-0.2, -0.15) is 0 Å². The summed E-state index contributed by atoms with van der Waals surface area (Å²) in [4.78, 5) is 15.0. The maximum atomic E-state index is 5.72. The van der Waals surface area contributed by atoms with Gasteiger partial charge in [-0.05, 0) is 0 Å². The van der Waals surface area contributed by atoms with Crippen molar-refractivity contribution in [1.82, 2.24) is 19.8 Å². The average molecular weight is 557 g/mol. The van der Waals surface area contributed by atoms with Gasteiger partial charge in [-0.25, -0.2) is 0 Å². The molecule has 32 heavy (non-hydrogen) atoms. The molecule has 180 valence electrons. The second kappa shape index (κ2) is 10.9. The van der Waals surface area contributed by atoms with Gasteiger partial charge in [0.2, 0.25) is 0 Å². The molecular weight excluding hydrogens is 519 g/mol. The van der Waals surface area contributed by atoms with Crippen molar-refractivity contribution in [2.24, 2.45) is 0 Å². The third kappa shape index (κ3) is 7.06. The van der Waals surface area contributed by atoms with Gasteiger partial charge in [-0.1, -0.05) is 0 Å². The van der Waals surface area contributed by atoms with Crippen LogP contribution in [0.25, 0.3) is 0 Å². The summed E-state index contributed by atoms with van der Waals surface area (Å²) in [6.07, 6.45) is 6.61. The van der Waals surface area contributed by atoms with E-state index in [9.17, 15) is 0 Å². The molecule has 0 radical (unpaired) electrons. The first-order valence-electron chi connectivity index (χ1n) is 12.4. The van der Waals surface area contributed by atoms with Gasteiger partial charge in [0.1, 0.15) is 6.23 Å². The zero-order chi connectivity index (χ0) is 21.9. The SMILES string of the molecule is Cc1nc(CCCN(CC2CO2)C2CCO2)c(C)nc1CCCN(CC1CO1)CC1C[I-]1. The molecule has 4 unspecified atom stereocenters. The van der Waals surface area contributed by atoms with Gasteiger partial charge in [0.05, 0.1) is 19.3 Å². The molecule has 4 fully saturated rings. The van der Waals surface area contributed by atoms with E-state index in [4.69, 9.17) is 24.2 Å². The monoisotopic (exact) mass is 557 g/mol. The van der Waals surface area contributed by atoms with E-state index < -0.39 is 0 Å². The number of aromatic nitrogens is 2. The Morgan fingerprint density at radius 1 is 0.875 bits per heavy atom. The van der Waals surface area contributed by atoms with Gasteiger partial charge in [0, 0.05) is 19.5 Å². The fourth-order valence-electron chi connectivity index (χ4n) is 4.55. The molecule has 5 rings (SSSR count). The molecule has 1 aromatic heterocycles. The Labute approximate surface area is 202 Å². The van der Waals surface area contributed by atoms with E-state index in [2.05, 4.69) is 23.6 Å². The summed E-state index contributed by atoms with van der Waals surface area (Å²) < 4.78 is 19.2. The van der Waals surface area contributed by atoms with Crippen LogP contribution >= 0.6 is 0 Å². The molecule has 0 amide bonds. The Hall–Kier alpha value is -0.390. The minimum atomic E-state index is 0.295. The van der Waals surface area contributed by atoms with Crippen LogP contribution in [0.2, 0.25) is 0 Å². The summed E-state index contributed by atoms with van der Waals surface area (Å²) >= 11 is 0.527. The van der Waals surface area contributed by atoms with E-state index in [1.54, 1.807) is 0 Å². The van der Waals surface area contributed by atoms with Gasteiger partial charge in [0.15, 0.2) is 0 Å². The summed E-state index contributed by atoms with van der Waals surface area (Å²) in [6.45, 7) is 12.6. The molecule has 4 aliphatic rings. The first kappa shape index (κ1) is 23.4.